The Bertz CT molecular complexity index is 749. The van der Waals surface area contributed by atoms with Crippen molar-refractivity contribution in [2.45, 2.75) is 32.2 Å². The molecule has 24 heavy (non-hydrogen) atoms. The second-order valence-corrected chi connectivity index (χ2v) is 6.14. The van der Waals surface area contributed by atoms with Crippen LogP contribution in [0.15, 0.2) is 28.9 Å². The quantitative estimate of drug-likeness (QED) is 0.917. The minimum atomic E-state index is -0.159. The smallest absolute Gasteiger partial charge is 0.289 e. The first-order chi connectivity index (χ1) is 11.5. The molecule has 1 saturated heterocycles. The van der Waals surface area contributed by atoms with Gasteiger partial charge in [0.25, 0.3) is 5.91 Å². The third-order valence-corrected chi connectivity index (χ3v) is 4.41. The zero-order valence-electron chi connectivity index (χ0n) is 14.2. The molecular formula is C17H22N4O3. The van der Waals surface area contributed by atoms with E-state index in [0.29, 0.717) is 18.8 Å². The van der Waals surface area contributed by atoms with E-state index >= 15 is 0 Å². The molecule has 0 radical (unpaired) electrons. The SMILES string of the molecule is CCc1ccc(C(=O)N2C[C@@H](NC(C)=O)[C@H](c3nccn3C)C2)o1. The van der Waals surface area contributed by atoms with Gasteiger partial charge < -0.3 is 19.2 Å². The first kappa shape index (κ1) is 16.3. The second-order valence-electron chi connectivity index (χ2n) is 6.14. The third-order valence-electron chi connectivity index (χ3n) is 4.41. The van der Waals surface area contributed by atoms with E-state index in [4.69, 9.17) is 4.42 Å². The molecule has 3 rings (SSSR count). The number of nitrogens with one attached hydrogen (secondary N) is 1. The second kappa shape index (κ2) is 6.51. The van der Waals surface area contributed by atoms with Crippen molar-refractivity contribution in [3.63, 3.8) is 0 Å². The number of furan rings is 1. The Hall–Kier alpha value is -2.57. The van der Waals surface area contributed by atoms with Crippen molar-refractivity contribution in [1.29, 1.82) is 0 Å². The Morgan fingerprint density at radius 2 is 2.17 bits per heavy atom. The summed E-state index contributed by atoms with van der Waals surface area (Å²) in [6, 6.07) is 3.38. The van der Waals surface area contributed by atoms with Crippen LogP contribution in [0.1, 0.15) is 41.9 Å². The summed E-state index contributed by atoms with van der Waals surface area (Å²) in [5.41, 5.74) is 0. The number of hydrogen-bond donors (Lipinski definition) is 1. The first-order valence-corrected chi connectivity index (χ1v) is 8.12. The fourth-order valence-electron chi connectivity index (χ4n) is 3.21. The van der Waals surface area contributed by atoms with Gasteiger partial charge in [0.15, 0.2) is 5.76 Å². The number of amides is 2. The van der Waals surface area contributed by atoms with Gasteiger partial charge in [-0.25, -0.2) is 4.98 Å². The highest BCUT2D eigenvalue weighted by molar-refractivity contribution is 5.92. The highest BCUT2D eigenvalue weighted by atomic mass is 16.4. The number of rotatable bonds is 4. The van der Waals surface area contributed by atoms with Crippen LogP contribution in [0.5, 0.6) is 0 Å². The first-order valence-electron chi connectivity index (χ1n) is 8.12. The van der Waals surface area contributed by atoms with Gasteiger partial charge in [0.2, 0.25) is 5.91 Å². The molecule has 2 aromatic rings. The van der Waals surface area contributed by atoms with Crippen LogP contribution in [-0.4, -0.2) is 45.4 Å². The number of nitrogens with zero attached hydrogens (tertiary/aromatic N) is 3. The molecule has 0 aromatic carbocycles. The van der Waals surface area contributed by atoms with Crippen LogP contribution in [0, 0.1) is 0 Å². The van der Waals surface area contributed by atoms with Gasteiger partial charge in [0.1, 0.15) is 11.6 Å². The Labute approximate surface area is 140 Å². The Morgan fingerprint density at radius 1 is 1.38 bits per heavy atom. The van der Waals surface area contributed by atoms with Crippen LogP contribution in [0.25, 0.3) is 0 Å². The monoisotopic (exact) mass is 330 g/mol. The molecule has 0 spiro atoms. The molecule has 0 bridgehead atoms. The fourth-order valence-corrected chi connectivity index (χ4v) is 3.21. The summed E-state index contributed by atoms with van der Waals surface area (Å²) in [7, 11) is 1.91. The van der Waals surface area contributed by atoms with Crippen LogP contribution in [0.3, 0.4) is 0 Å². The normalized spacial score (nSPS) is 20.4. The van der Waals surface area contributed by atoms with Gasteiger partial charge in [-0.05, 0) is 12.1 Å². The lowest BCUT2D eigenvalue weighted by Gasteiger charge is -2.18. The molecule has 1 aliphatic rings. The number of carbonyl (C=O) groups excluding carboxylic acids is 2. The van der Waals surface area contributed by atoms with Crippen LogP contribution < -0.4 is 5.32 Å². The molecular weight excluding hydrogens is 308 g/mol. The summed E-state index contributed by atoms with van der Waals surface area (Å²) in [6.07, 6.45) is 4.34. The van der Waals surface area contributed by atoms with Crippen molar-refractivity contribution >= 4 is 11.8 Å². The maximum Gasteiger partial charge on any atom is 0.289 e. The summed E-state index contributed by atoms with van der Waals surface area (Å²) in [5, 5.41) is 2.94. The van der Waals surface area contributed by atoms with E-state index in [0.717, 1.165) is 18.0 Å². The minimum absolute atomic E-state index is 0.0431. The van der Waals surface area contributed by atoms with Crippen LogP contribution in [0.4, 0.5) is 0 Å². The molecule has 2 amide bonds. The number of carbonyl (C=O) groups is 2. The number of aryl methyl sites for hydroxylation is 2. The molecule has 7 heteroatoms. The van der Waals surface area contributed by atoms with Crippen molar-refractivity contribution < 1.29 is 14.0 Å². The average Bonchev–Trinajstić information content (AvgIpc) is 3.25. The fraction of sp³-hybridized carbons (Fsp3) is 0.471. The lowest BCUT2D eigenvalue weighted by atomic mass is 10.0. The molecule has 0 unspecified atom stereocenters. The predicted octanol–water partition coefficient (Wildman–Crippen LogP) is 1.32. The lowest BCUT2D eigenvalue weighted by molar-refractivity contribution is -0.119. The third kappa shape index (κ3) is 3.06. The van der Waals surface area contributed by atoms with E-state index < -0.39 is 0 Å². The average molecular weight is 330 g/mol. The van der Waals surface area contributed by atoms with Crippen molar-refractivity contribution in [1.82, 2.24) is 19.8 Å². The van der Waals surface area contributed by atoms with Crippen LogP contribution in [-0.2, 0) is 18.3 Å². The molecule has 1 fully saturated rings. The van der Waals surface area contributed by atoms with Gasteiger partial charge in [-0.3, -0.25) is 9.59 Å². The number of hydrogen-bond acceptors (Lipinski definition) is 4. The van der Waals surface area contributed by atoms with Gasteiger partial charge in [0.05, 0.1) is 12.0 Å². The van der Waals surface area contributed by atoms with E-state index in [1.165, 1.54) is 6.92 Å². The summed E-state index contributed by atoms with van der Waals surface area (Å²) < 4.78 is 7.50. The van der Waals surface area contributed by atoms with Gasteiger partial charge in [0, 0.05) is 45.9 Å². The Balaban J connectivity index is 1.82. The topological polar surface area (TPSA) is 80.4 Å². The van der Waals surface area contributed by atoms with E-state index in [-0.39, 0.29) is 23.8 Å². The summed E-state index contributed by atoms with van der Waals surface area (Å²) in [5.74, 6) is 1.68. The van der Waals surface area contributed by atoms with E-state index in [2.05, 4.69) is 10.3 Å². The molecule has 0 aliphatic carbocycles. The summed E-state index contributed by atoms with van der Waals surface area (Å²) in [6.45, 7) is 4.40. The number of likely N-dealkylation sites (tertiary alicyclic amines) is 1. The van der Waals surface area contributed by atoms with Gasteiger partial charge in [-0.1, -0.05) is 6.92 Å². The maximum absolute atomic E-state index is 12.7. The van der Waals surface area contributed by atoms with Crippen molar-refractivity contribution in [3.05, 3.63) is 41.9 Å². The van der Waals surface area contributed by atoms with E-state index in [1.54, 1.807) is 17.2 Å². The molecule has 2 atom stereocenters. The predicted molar refractivity (Wildman–Crippen MR) is 87.5 cm³/mol. The van der Waals surface area contributed by atoms with Gasteiger partial charge >= 0.3 is 0 Å². The Morgan fingerprint density at radius 3 is 2.75 bits per heavy atom. The molecule has 7 nitrogen and oxygen atoms in total. The standard InChI is InChI=1S/C17H22N4O3/c1-4-12-5-6-15(24-12)17(23)21-9-13(14(10-21)19-11(2)22)16-18-7-8-20(16)3/h5-8,13-14H,4,9-10H2,1-3H3,(H,19,22)/t13-,14-/m1/s1. The molecule has 1 aliphatic heterocycles. The molecule has 1 N–H and O–H groups in total. The van der Waals surface area contributed by atoms with Crippen molar-refractivity contribution in [2.75, 3.05) is 13.1 Å². The highest BCUT2D eigenvalue weighted by Gasteiger charge is 2.39. The molecule has 0 saturated carbocycles. The highest BCUT2D eigenvalue weighted by Crippen LogP contribution is 2.28. The number of aromatic nitrogens is 2. The zero-order chi connectivity index (χ0) is 17.3. The maximum atomic E-state index is 12.7. The van der Waals surface area contributed by atoms with Crippen molar-refractivity contribution in [3.8, 4) is 0 Å². The van der Waals surface area contributed by atoms with Crippen LogP contribution in [0.2, 0.25) is 0 Å². The van der Waals surface area contributed by atoms with Crippen LogP contribution >= 0.6 is 0 Å². The summed E-state index contributed by atoms with van der Waals surface area (Å²) >= 11 is 0. The van der Waals surface area contributed by atoms with E-state index in [1.807, 2.05) is 30.8 Å². The van der Waals surface area contributed by atoms with Crippen molar-refractivity contribution in [2.24, 2.45) is 7.05 Å². The van der Waals surface area contributed by atoms with E-state index in [9.17, 15) is 9.59 Å². The molecule has 128 valence electrons. The largest absolute Gasteiger partial charge is 0.456 e. The molecule has 2 aromatic heterocycles. The minimum Gasteiger partial charge on any atom is -0.456 e. The lowest BCUT2D eigenvalue weighted by Crippen LogP contribution is -2.39. The zero-order valence-corrected chi connectivity index (χ0v) is 14.2. The summed E-state index contributed by atoms with van der Waals surface area (Å²) in [4.78, 5) is 30.3. The Kier molecular flexibility index (Phi) is 4.42. The van der Waals surface area contributed by atoms with Gasteiger partial charge in [-0.2, -0.15) is 0 Å². The molecule has 3 heterocycles. The van der Waals surface area contributed by atoms with Gasteiger partial charge in [-0.15, -0.1) is 0 Å². The number of imidazole rings is 1.